The number of rotatable bonds is 3. The maximum Gasteiger partial charge on any atom is -1.00 e. The minimum atomic E-state index is -0.560. The van der Waals surface area contributed by atoms with Gasteiger partial charge in [-0.1, -0.05) is 0 Å². The van der Waals surface area contributed by atoms with Gasteiger partial charge in [0.05, 0.1) is 0 Å². The third kappa shape index (κ3) is 4.54. The van der Waals surface area contributed by atoms with Crippen LogP contribution in [0.4, 0.5) is 0 Å². The van der Waals surface area contributed by atoms with Crippen LogP contribution in [-0.4, -0.2) is 5.92 Å². The molecule has 30 heavy (non-hydrogen) atoms. The van der Waals surface area contributed by atoms with Crippen molar-refractivity contribution in [1.82, 2.24) is 0 Å². The standard InChI is InChI=1S/C24H25.C2H7Si.2ClH.Zr/c1-15-12-22(24(3,4)5)16(2)23(15)18-10-11-21-19(14-18)13-17-8-6-7-9-20(17)21;1-3-2;;;/h6-12,15H,13H2,1-5H3;3H,1-2H3;2*1H;/q;;;;+2/p-2. The van der Waals surface area contributed by atoms with Crippen molar-refractivity contribution >= 4 is 14.8 Å². The fraction of sp³-hybridized carbons (Fsp3) is 0.385. The second-order valence-electron chi connectivity index (χ2n) is 9.80. The van der Waals surface area contributed by atoms with Crippen molar-refractivity contribution in [1.29, 1.82) is 0 Å². The molecule has 0 aromatic heterocycles. The van der Waals surface area contributed by atoms with Gasteiger partial charge in [0.25, 0.3) is 0 Å². The molecule has 2 aromatic rings. The summed E-state index contributed by atoms with van der Waals surface area (Å²) in [5, 5.41) is 0. The van der Waals surface area contributed by atoms with E-state index < -0.39 is 28.3 Å². The summed E-state index contributed by atoms with van der Waals surface area (Å²) >= 11 is -0.523. The zero-order valence-corrected chi connectivity index (χ0v) is 24.3. The quantitative estimate of drug-likeness (QED) is 0.426. The van der Waals surface area contributed by atoms with Gasteiger partial charge in [-0.3, -0.25) is 0 Å². The van der Waals surface area contributed by atoms with Gasteiger partial charge in [-0.15, -0.1) is 0 Å². The normalized spacial score (nSPS) is 17.1. The molecular weight excluding hydrogens is 503 g/mol. The summed E-state index contributed by atoms with van der Waals surface area (Å²) in [6.45, 7) is 17.0. The van der Waals surface area contributed by atoms with Gasteiger partial charge < -0.3 is 24.8 Å². The Kier molecular flexibility index (Phi) is 8.29. The van der Waals surface area contributed by atoms with Gasteiger partial charge in [-0.25, -0.2) is 0 Å². The molecule has 4 rings (SSSR count). The van der Waals surface area contributed by atoms with E-state index in [9.17, 15) is 0 Å². The molecule has 1 atom stereocenters. The number of fused-ring (bicyclic) bond motifs is 3. The van der Waals surface area contributed by atoms with E-state index in [0.29, 0.717) is 5.92 Å². The fourth-order valence-corrected chi connectivity index (χ4v) is 13.8. The molecule has 2 aromatic carbocycles. The Morgan fingerprint density at radius 1 is 0.933 bits per heavy atom. The third-order valence-electron chi connectivity index (χ3n) is 6.20. The predicted molar refractivity (Wildman–Crippen MR) is 122 cm³/mol. The first kappa shape index (κ1) is 25.9. The Hall–Kier alpha value is -0.400. The largest absolute Gasteiger partial charge is 1.00 e. The summed E-state index contributed by atoms with van der Waals surface area (Å²) in [6, 6.07) is 14.0. The molecule has 0 fully saturated rings. The molecular formula is C26H32Cl2SiZr. The Labute approximate surface area is 207 Å². The Bertz CT molecular complexity index is 1010. The van der Waals surface area contributed by atoms with Gasteiger partial charge in [0.2, 0.25) is 0 Å². The average Bonchev–Trinajstić information content (AvgIpc) is 3.13. The molecule has 2 aliphatic carbocycles. The first-order chi connectivity index (χ1) is 13.2. The van der Waals surface area contributed by atoms with Crippen LogP contribution in [0.3, 0.4) is 0 Å². The minimum absolute atomic E-state index is 0. The summed E-state index contributed by atoms with van der Waals surface area (Å²) in [6.07, 6.45) is 3.69. The number of benzene rings is 2. The summed E-state index contributed by atoms with van der Waals surface area (Å²) in [5.74, 6) is -0.0292. The third-order valence-corrected chi connectivity index (χ3v) is 14.9. The van der Waals surface area contributed by atoms with Crippen LogP contribution in [0.15, 0.2) is 53.6 Å². The SMILES string of the molecule is CC1=C(c2ccc3c([c]2[Zr+2][SiH](C)C)Cc2ccccc2-3)C(C)C=C1C(C)(C)C.[Cl-].[Cl-]. The second-order valence-corrected chi connectivity index (χ2v) is 24.3. The van der Waals surface area contributed by atoms with Crippen LogP contribution in [0, 0.1) is 11.3 Å². The smallest absolute Gasteiger partial charge is 1.00 e. The van der Waals surface area contributed by atoms with Crippen LogP contribution in [0.2, 0.25) is 13.1 Å². The van der Waals surface area contributed by atoms with Crippen molar-refractivity contribution in [2.75, 3.05) is 0 Å². The molecule has 0 amide bonds. The number of hydrogen-bond acceptors (Lipinski definition) is 0. The van der Waals surface area contributed by atoms with Crippen LogP contribution >= 0.6 is 0 Å². The van der Waals surface area contributed by atoms with Gasteiger partial charge >= 0.3 is 184 Å². The van der Waals surface area contributed by atoms with Crippen molar-refractivity contribution < 1.29 is 47.2 Å². The van der Waals surface area contributed by atoms with Crippen molar-refractivity contribution in [3.8, 4) is 11.1 Å². The van der Waals surface area contributed by atoms with E-state index in [0.717, 1.165) is 6.42 Å². The number of halogens is 2. The van der Waals surface area contributed by atoms with Crippen LogP contribution in [0.5, 0.6) is 0 Å². The van der Waals surface area contributed by atoms with Crippen molar-refractivity contribution in [2.45, 2.75) is 54.1 Å². The Balaban J connectivity index is 0.00000160. The minimum Gasteiger partial charge on any atom is -1.00 e. The molecule has 0 N–H and O–H groups in total. The molecule has 0 saturated carbocycles. The monoisotopic (exact) mass is 532 g/mol. The van der Waals surface area contributed by atoms with Crippen molar-refractivity contribution in [3.63, 3.8) is 0 Å². The maximum atomic E-state index is 2.57. The van der Waals surface area contributed by atoms with Gasteiger partial charge in [0, 0.05) is 0 Å². The summed E-state index contributed by atoms with van der Waals surface area (Å²) in [7, 11) is 0. The summed E-state index contributed by atoms with van der Waals surface area (Å²) in [5.41, 5.74) is 12.8. The molecule has 0 aliphatic heterocycles. The molecule has 0 spiro atoms. The van der Waals surface area contributed by atoms with Crippen molar-refractivity contribution in [2.24, 2.45) is 11.3 Å². The Morgan fingerprint density at radius 3 is 2.17 bits per heavy atom. The van der Waals surface area contributed by atoms with E-state index >= 15 is 0 Å². The van der Waals surface area contributed by atoms with E-state index in [1.54, 1.807) is 27.8 Å². The Morgan fingerprint density at radius 2 is 1.57 bits per heavy atom. The first-order valence-electron chi connectivity index (χ1n) is 10.6. The molecule has 0 radical (unpaired) electrons. The van der Waals surface area contributed by atoms with Crippen LogP contribution < -0.4 is 28.1 Å². The van der Waals surface area contributed by atoms with Crippen LogP contribution in [0.25, 0.3) is 16.7 Å². The molecule has 0 saturated heterocycles. The van der Waals surface area contributed by atoms with Gasteiger partial charge in [0.1, 0.15) is 0 Å². The van der Waals surface area contributed by atoms with Gasteiger partial charge in [-0.05, 0) is 0 Å². The summed E-state index contributed by atoms with van der Waals surface area (Å²) < 4.78 is 1.82. The molecule has 4 heteroatoms. The van der Waals surface area contributed by atoms with Crippen LogP contribution in [0.1, 0.15) is 51.3 Å². The second kappa shape index (κ2) is 9.62. The summed E-state index contributed by atoms with van der Waals surface area (Å²) in [4.78, 5) is 0. The van der Waals surface area contributed by atoms with E-state index in [-0.39, 0.29) is 30.2 Å². The van der Waals surface area contributed by atoms with Crippen molar-refractivity contribution in [3.05, 3.63) is 70.3 Å². The first-order valence-corrected chi connectivity index (χ1v) is 19.0. The van der Waals surface area contributed by atoms with E-state index in [1.807, 2.05) is 3.27 Å². The van der Waals surface area contributed by atoms with Gasteiger partial charge in [0.15, 0.2) is 0 Å². The maximum absolute atomic E-state index is 2.57. The molecule has 1 unspecified atom stereocenters. The van der Waals surface area contributed by atoms with Gasteiger partial charge in [-0.2, -0.15) is 0 Å². The topological polar surface area (TPSA) is 0 Å². The molecule has 158 valence electrons. The number of hydrogen-bond donors (Lipinski definition) is 0. The molecule has 0 nitrogen and oxygen atoms in total. The van der Waals surface area contributed by atoms with Crippen LogP contribution in [-0.2, 0) is 28.8 Å². The fourth-order valence-electron chi connectivity index (χ4n) is 5.09. The molecule has 0 bridgehead atoms. The molecule has 2 aliphatic rings. The van der Waals surface area contributed by atoms with E-state index in [2.05, 4.69) is 90.2 Å². The predicted octanol–water partition coefficient (Wildman–Crippen LogP) is 0.353. The average molecular weight is 535 g/mol. The number of allylic oxidation sites excluding steroid dienone is 4. The zero-order chi connectivity index (χ0) is 20.2. The van der Waals surface area contributed by atoms with E-state index in [1.165, 1.54) is 16.7 Å². The van der Waals surface area contributed by atoms with E-state index in [4.69, 9.17) is 0 Å². The molecule has 0 heterocycles. The zero-order valence-electron chi connectivity index (χ0n) is 19.2.